The van der Waals surface area contributed by atoms with Gasteiger partial charge < -0.3 is 29.2 Å². The maximum Gasteiger partial charge on any atom is 0.303 e. The van der Waals surface area contributed by atoms with E-state index in [1.807, 2.05) is 13.0 Å². The molecule has 7 atom stereocenters. The van der Waals surface area contributed by atoms with Crippen molar-refractivity contribution in [3.8, 4) is 0 Å². The standard InChI is InChI=1S/C21H34O7/c1-14-26-13-18(27-14)21-15(8-4-2-3-5-9-19(23)24)16(22)12-17(21)28-20-10-6-7-11-25-20/h2,4,14-18,20-22H,3,5-13H2,1H3,(H,23,24)/t14?,15-,16-,17+,18-,20?,21+/m0/s1. The van der Waals surface area contributed by atoms with Crippen LogP contribution in [0.15, 0.2) is 12.2 Å². The van der Waals surface area contributed by atoms with Gasteiger partial charge in [0.05, 0.1) is 24.9 Å². The largest absolute Gasteiger partial charge is 0.481 e. The zero-order valence-corrected chi connectivity index (χ0v) is 16.7. The van der Waals surface area contributed by atoms with Gasteiger partial charge in [-0.2, -0.15) is 0 Å². The van der Waals surface area contributed by atoms with Crippen LogP contribution in [-0.2, 0) is 23.7 Å². The summed E-state index contributed by atoms with van der Waals surface area (Å²) >= 11 is 0. The summed E-state index contributed by atoms with van der Waals surface area (Å²) in [6, 6.07) is 0. The molecule has 2 unspecified atom stereocenters. The zero-order valence-electron chi connectivity index (χ0n) is 16.7. The van der Waals surface area contributed by atoms with Gasteiger partial charge >= 0.3 is 5.97 Å². The molecule has 0 radical (unpaired) electrons. The van der Waals surface area contributed by atoms with Crippen molar-refractivity contribution < 1.29 is 34.0 Å². The lowest BCUT2D eigenvalue weighted by atomic mass is 9.86. The highest BCUT2D eigenvalue weighted by Gasteiger charge is 2.49. The molecule has 28 heavy (non-hydrogen) atoms. The van der Waals surface area contributed by atoms with Crippen LogP contribution in [0.25, 0.3) is 0 Å². The van der Waals surface area contributed by atoms with Crippen LogP contribution in [0.1, 0.15) is 58.3 Å². The molecule has 2 N–H and O–H groups in total. The molecule has 0 amide bonds. The van der Waals surface area contributed by atoms with Crippen molar-refractivity contribution in [3.63, 3.8) is 0 Å². The quantitative estimate of drug-likeness (QED) is 0.455. The van der Waals surface area contributed by atoms with Gasteiger partial charge in [-0.1, -0.05) is 12.2 Å². The molecule has 7 heteroatoms. The predicted molar refractivity (Wildman–Crippen MR) is 102 cm³/mol. The summed E-state index contributed by atoms with van der Waals surface area (Å²) in [7, 11) is 0. The molecular formula is C21H34O7. The summed E-state index contributed by atoms with van der Waals surface area (Å²) in [6.07, 6.45) is 8.90. The predicted octanol–water partition coefficient (Wildman–Crippen LogP) is 2.86. The van der Waals surface area contributed by atoms with E-state index in [0.717, 1.165) is 38.7 Å². The summed E-state index contributed by atoms with van der Waals surface area (Å²) in [5, 5.41) is 19.4. The van der Waals surface area contributed by atoms with E-state index in [-0.39, 0.29) is 43.0 Å². The van der Waals surface area contributed by atoms with Crippen molar-refractivity contribution in [1.29, 1.82) is 0 Å². The Morgan fingerprint density at radius 1 is 1.25 bits per heavy atom. The Labute approximate surface area is 167 Å². The molecule has 1 aliphatic carbocycles. The molecule has 0 aromatic rings. The molecule has 2 heterocycles. The van der Waals surface area contributed by atoms with E-state index in [1.165, 1.54) is 0 Å². The fourth-order valence-corrected chi connectivity index (χ4v) is 4.59. The van der Waals surface area contributed by atoms with Crippen LogP contribution in [0.4, 0.5) is 0 Å². The Bertz CT molecular complexity index is 517. The lowest BCUT2D eigenvalue weighted by molar-refractivity contribution is -0.203. The maximum atomic E-state index is 10.7. The van der Waals surface area contributed by atoms with Gasteiger partial charge in [-0.05, 0) is 51.4 Å². The van der Waals surface area contributed by atoms with Crippen molar-refractivity contribution in [2.45, 2.75) is 89.2 Å². The van der Waals surface area contributed by atoms with Crippen LogP contribution < -0.4 is 0 Å². The Hall–Kier alpha value is -0.990. The molecule has 0 aromatic heterocycles. The normalized spacial score (nSPS) is 39.0. The number of unbranched alkanes of at least 4 members (excludes halogenated alkanes) is 1. The average Bonchev–Trinajstić information content (AvgIpc) is 3.21. The Kier molecular flexibility index (Phi) is 8.29. The number of ether oxygens (including phenoxy) is 4. The fraction of sp³-hybridized carbons (Fsp3) is 0.857. The molecule has 2 aliphatic heterocycles. The van der Waals surface area contributed by atoms with E-state index in [1.54, 1.807) is 0 Å². The van der Waals surface area contributed by atoms with Gasteiger partial charge in [-0.3, -0.25) is 4.79 Å². The van der Waals surface area contributed by atoms with Gasteiger partial charge in [0.15, 0.2) is 12.6 Å². The number of hydrogen-bond donors (Lipinski definition) is 2. The van der Waals surface area contributed by atoms with Gasteiger partial charge in [0, 0.05) is 25.4 Å². The molecule has 0 spiro atoms. The topological polar surface area (TPSA) is 94.5 Å². The molecular weight excluding hydrogens is 364 g/mol. The second-order valence-corrected chi connectivity index (χ2v) is 8.08. The number of carboxylic acid groups (broad SMARTS) is 1. The lowest BCUT2D eigenvalue weighted by Crippen LogP contribution is -2.39. The minimum absolute atomic E-state index is 0.0308. The Morgan fingerprint density at radius 3 is 2.79 bits per heavy atom. The number of aliphatic hydroxyl groups excluding tert-OH is 1. The Morgan fingerprint density at radius 2 is 2.11 bits per heavy atom. The summed E-state index contributed by atoms with van der Waals surface area (Å²) < 4.78 is 23.6. The second-order valence-electron chi connectivity index (χ2n) is 8.08. The SMILES string of the molecule is CC1OC[C@@H]([C@@H]2[C@@H](CC=CCCCC(=O)O)[C@@H](O)C[C@H]2OC2CCCCO2)O1. The summed E-state index contributed by atoms with van der Waals surface area (Å²) in [5.41, 5.74) is 0. The third kappa shape index (κ3) is 6.00. The number of allylic oxidation sites excluding steroid dienone is 2. The monoisotopic (exact) mass is 398 g/mol. The van der Waals surface area contributed by atoms with Crippen molar-refractivity contribution in [1.82, 2.24) is 0 Å². The Balaban J connectivity index is 1.59. The fourth-order valence-electron chi connectivity index (χ4n) is 4.59. The van der Waals surface area contributed by atoms with Gasteiger partial charge in [0.2, 0.25) is 0 Å². The zero-order chi connectivity index (χ0) is 19.9. The van der Waals surface area contributed by atoms with Crippen LogP contribution in [-0.4, -0.2) is 60.3 Å². The molecule has 3 rings (SSSR count). The van der Waals surface area contributed by atoms with Gasteiger partial charge in [0.1, 0.15) is 0 Å². The first-order chi connectivity index (χ1) is 13.5. The van der Waals surface area contributed by atoms with E-state index in [9.17, 15) is 9.90 Å². The highest BCUT2D eigenvalue weighted by Crippen LogP contribution is 2.42. The molecule has 160 valence electrons. The lowest BCUT2D eigenvalue weighted by Gasteiger charge is -2.32. The maximum absolute atomic E-state index is 10.7. The first-order valence-electron chi connectivity index (χ1n) is 10.6. The number of aliphatic hydroxyl groups is 1. The molecule has 0 aromatic carbocycles. The van der Waals surface area contributed by atoms with Crippen LogP contribution in [0.3, 0.4) is 0 Å². The second kappa shape index (κ2) is 10.7. The van der Waals surface area contributed by atoms with Crippen LogP contribution >= 0.6 is 0 Å². The molecule has 0 bridgehead atoms. The molecule has 7 nitrogen and oxygen atoms in total. The average molecular weight is 398 g/mol. The molecule has 3 fully saturated rings. The minimum Gasteiger partial charge on any atom is -0.481 e. The van der Waals surface area contributed by atoms with Gasteiger partial charge in [-0.15, -0.1) is 0 Å². The van der Waals surface area contributed by atoms with Crippen molar-refractivity contribution in [3.05, 3.63) is 12.2 Å². The van der Waals surface area contributed by atoms with Crippen LogP contribution in [0.2, 0.25) is 0 Å². The minimum atomic E-state index is -0.767. The summed E-state index contributed by atoms with van der Waals surface area (Å²) in [5.74, 6) is -0.686. The number of carboxylic acids is 1. The third-order valence-electron chi connectivity index (χ3n) is 5.98. The van der Waals surface area contributed by atoms with Gasteiger partial charge in [0.25, 0.3) is 0 Å². The first-order valence-corrected chi connectivity index (χ1v) is 10.6. The molecule has 2 saturated heterocycles. The van der Waals surface area contributed by atoms with Gasteiger partial charge in [-0.25, -0.2) is 0 Å². The van der Waals surface area contributed by atoms with E-state index in [0.29, 0.717) is 19.4 Å². The highest BCUT2D eigenvalue weighted by molar-refractivity contribution is 5.66. The number of hydrogen-bond acceptors (Lipinski definition) is 6. The van der Waals surface area contributed by atoms with Crippen LogP contribution in [0, 0.1) is 11.8 Å². The highest BCUT2D eigenvalue weighted by atomic mass is 16.7. The summed E-state index contributed by atoms with van der Waals surface area (Å²) in [4.78, 5) is 10.6. The third-order valence-corrected chi connectivity index (χ3v) is 5.98. The molecule has 3 aliphatic rings. The number of rotatable bonds is 9. The van der Waals surface area contributed by atoms with E-state index >= 15 is 0 Å². The van der Waals surface area contributed by atoms with Crippen molar-refractivity contribution in [2.75, 3.05) is 13.2 Å². The first kappa shape index (κ1) is 21.7. The van der Waals surface area contributed by atoms with Crippen molar-refractivity contribution >= 4 is 5.97 Å². The van der Waals surface area contributed by atoms with Crippen molar-refractivity contribution in [2.24, 2.45) is 11.8 Å². The van der Waals surface area contributed by atoms with E-state index in [4.69, 9.17) is 24.1 Å². The number of carbonyl (C=O) groups is 1. The smallest absolute Gasteiger partial charge is 0.303 e. The molecule has 1 saturated carbocycles. The van der Waals surface area contributed by atoms with E-state index in [2.05, 4.69) is 6.08 Å². The summed E-state index contributed by atoms with van der Waals surface area (Å²) in [6.45, 7) is 3.14. The van der Waals surface area contributed by atoms with Crippen LogP contribution in [0.5, 0.6) is 0 Å². The van der Waals surface area contributed by atoms with E-state index < -0.39 is 12.1 Å². The number of aliphatic carboxylic acids is 1.